The van der Waals surface area contributed by atoms with Gasteiger partial charge < -0.3 is 9.31 Å². The van der Waals surface area contributed by atoms with Crippen molar-refractivity contribution in [2.45, 2.75) is 49.6 Å². The second-order valence-corrected chi connectivity index (χ2v) is 6.60. The van der Waals surface area contributed by atoms with E-state index >= 15 is 0 Å². The highest BCUT2D eigenvalue weighted by atomic mass is 32.2. The summed E-state index contributed by atoms with van der Waals surface area (Å²) in [7, 11) is -0.449. The average molecular weight is 286 g/mol. The Kier molecular flexibility index (Phi) is 3.96. The van der Waals surface area contributed by atoms with E-state index in [1.54, 1.807) is 24.3 Å². The molecule has 2 rings (SSSR count). The first-order valence-electron chi connectivity index (χ1n) is 6.12. The van der Waals surface area contributed by atoms with Crippen LogP contribution in [0.25, 0.3) is 0 Å². The molecule has 0 atom stereocenters. The molecule has 0 spiro atoms. The standard InChI is InChI=1S/C13H17BF2O2S/c1-12(2)13(3,4)18-14(17-12)9-5-7-10(8-6-9)19-11(15)16/h5-8,11H,1-4H3. The van der Waals surface area contributed by atoms with E-state index in [1.807, 2.05) is 27.7 Å². The van der Waals surface area contributed by atoms with E-state index in [1.165, 1.54) is 0 Å². The van der Waals surface area contributed by atoms with Gasteiger partial charge in [0.1, 0.15) is 0 Å². The molecule has 0 aliphatic carbocycles. The minimum absolute atomic E-state index is 0.395. The van der Waals surface area contributed by atoms with Crippen molar-refractivity contribution in [3.8, 4) is 0 Å². The van der Waals surface area contributed by atoms with Gasteiger partial charge in [-0.15, -0.1) is 0 Å². The summed E-state index contributed by atoms with van der Waals surface area (Å²) in [5.41, 5.74) is 0.0551. The van der Waals surface area contributed by atoms with Crippen LogP contribution in [0, 0.1) is 0 Å². The summed E-state index contributed by atoms with van der Waals surface area (Å²) in [5.74, 6) is -2.40. The molecular weight excluding hydrogens is 269 g/mol. The van der Waals surface area contributed by atoms with E-state index in [-0.39, 0.29) is 0 Å². The molecule has 0 aromatic heterocycles. The number of alkyl halides is 2. The summed E-state index contributed by atoms with van der Waals surface area (Å²) < 4.78 is 36.3. The number of halogens is 2. The molecule has 104 valence electrons. The Morgan fingerprint density at radius 3 is 1.89 bits per heavy atom. The van der Waals surface area contributed by atoms with Crippen LogP contribution >= 0.6 is 11.8 Å². The normalized spacial score (nSPS) is 21.1. The molecule has 1 aromatic rings. The van der Waals surface area contributed by atoms with Gasteiger partial charge in [-0.05, 0) is 45.3 Å². The molecule has 19 heavy (non-hydrogen) atoms. The number of benzene rings is 1. The first-order chi connectivity index (χ1) is 8.71. The predicted molar refractivity (Wildman–Crippen MR) is 74.0 cm³/mol. The monoisotopic (exact) mass is 286 g/mol. The van der Waals surface area contributed by atoms with Crippen LogP contribution in [0.15, 0.2) is 29.2 Å². The molecule has 2 nitrogen and oxygen atoms in total. The van der Waals surface area contributed by atoms with Crippen molar-refractivity contribution >= 4 is 24.3 Å². The maximum atomic E-state index is 12.2. The summed E-state index contributed by atoms with van der Waals surface area (Å²) in [6, 6.07) is 6.87. The Labute approximate surface area is 117 Å². The largest absolute Gasteiger partial charge is 0.494 e. The molecule has 1 saturated heterocycles. The molecule has 0 N–H and O–H groups in total. The van der Waals surface area contributed by atoms with Crippen molar-refractivity contribution in [1.29, 1.82) is 0 Å². The molecule has 1 aromatic carbocycles. The van der Waals surface area contributed by atoms with Gasteiger partial charge in [-0.1, -0.05) is 23.9 Å². The second kappa shape index (κ2) is 5.07. The van der Waals surface area contributed by atoms with Gasteiger partial charge in [-0.3, -0.25) is 0 Å². The fourth-order valence-corrected chi connectivity index (χ4v) is 2.28. The second-order valence-electron chi connectivity index (χ2n) is 5.54. The number of thioether (sulfide) groups is 1. The zero-order valence-electron chi connectivity index (χ0n) is 11.4. The maximum Gasteiger partial charge on any atom is 0.494 e. The summed E-state index contributed by atoms with van der Waals surface area (Å²) >= 11 is 0.534. The fourth-order valence-electron chi connectivity index (χ4n) is 1.79. The Morgan fingerprint density at radius 2 is 1.47 bits per heavy atom. The van der Waals surface area contributed by atoms with Gasteiger partial charge in [-0.25, -0.2) is 0 Å². The number of hydrogen-bond acceptors (Lipinski definition) is 3. The molecule has 0 radical (unpaired) electrons. The minimum Gasteiger partial charge on any atom is -0.399 e. The molecule has 1 fully saturated rings. The van der Waals surface area contributed by atoms with Crippen molar-refractivity contribution in [2.75, 3.05) is 0 Å². The predicted octanol–water partition coefficient (Wildman–Crippen LogP) is 3.30. The van der Waals surface area contributed by atoms with Crippen molar-refractivity contribution in [3.05, 3.63) is 24.3 Å². The molecule has 0 saturated carbocycles. The van der Waals surface area contributed by atoms with Crippen LogP contribution in [-0.2, 0) is 9.31 Å². The smallest absolute Gasteiger partial charge is 0.399 e. The summed E-state index contributed by atoms with van der Waals surface area (Å²) in [4.78, 5) is 0.537. The zero-order valence-corrected chi connectivity index (χ0v) is 12.3. The minimum atomic E-state index is -2.40. The van der Waals surface area contributed by atoms with Crippen molar-refractivity contribution in [1.82, 2.24) is 0 Å². The first kappa shape index (κ1) is 14.8. The summed E-state index contributed by atoms with van der Waals surface area (Å²) in [6.45, 7) is 7.92. The lowest BCUT2D eigenvalue weighted by Gasteiger charge is -2.32. The van der Waals surface area contributed by atoms with Gasteiger partial charge in [0.2, 0.25) is 0 Å². The van der Waals surface area contributed by atoms with Crippen LogP contribution < -0.4 is 5.46 Å². The highest BCUT2D eigenvalue weighted by molar-refractivity contribution is 7.99. The van der Waals surface area contributed by atoms with E-state index < -0.39 is 24.1 Å². The Morgan fingerprint density at radius 1 is 1.00 bits per heavy atom. The van der Waals surface area contributed by atoms with Crippen LogP contribution in [0.3, 0.4) is 0 Å². The lowest BCUT2D eigenvalue weighted by atomic mass is 9.79. The summed E-state index contributed by atoms with van der Waals surface area (Å²) in [5, 5.41) is 0. The third-order valence-electron chi connectivity index (χ3n) is 3.63. The topological polar surface area (TPSA) is 18.5 Å². The van der Waals surface area contributed by atoms with Gasteiger partial charge in [-0.2, -0.15) is 8.78 Å². The third-order valence-corrected chi connectivity index (χ3v) is 4.35. The lowest BCUT2D eigenvalue weighted by molar-refractivity contribution is 0.00578. The van der Waals surface area contributed by atoms with Gasteiger partial charge in [0, 0.05) is 4.90 Å². The highest BCUT2D eigenvalue weighted by Crippen LogP contribution is 2.36. The van der Waals surface area contributed by atoms with Gasteiger partial charge >= 0.3 is 7.12 Å². The van der Waals surface area contributed by atoms with Crippen LogP contribution in [0.4, 0.5) is 8.78 Å². The Hall–Kier alpha value is -0.585. The molecule has 1 heterocycles. The third kappa shape index (κ3) is 3.12. The van der Waals surface area contributed by atoms with Crippen molar-refractivity contribution in [3.63, 3.8) is 0 Å². The lowest BCUT2D eigenvalue weighted by Crippen LogP contribution is -2.41. The van der Waals surface area contributed by atoms with Crippen molar-refractivity contribution in [2.24, 2.45) is 0 Å². The fraction of sp³-hybridized carbons (Fsp3) is 0.538. The average Bonchev–Trinajstić information content (AvgIpc) is 2.48. The van der Waals surface area contributed by atoms with Crippen LogP contribution in [0.5, 0.6) is 0 Å². The zero-order chi connectivity index (χ0) is 14.3. The highest BCUT2D eigenvalue weighted by Gasteiger charge is 2.51. The number of hydrogen-bond donors (Lipinski definition) is 0. The molecular formula is C13H17BF2O2S. The Bertz CT molecular complexity index is 432. The van der Waals surface area contributed by atoms with Gasteiger partial charge in [0.15, 0.2) is 0 Å². The van der Waals surface area contributed by atoms with E-state index in [0.29, 0.717) is 16.7 Å². The molecule has 1 aliphatic rings. The summed E-state index contributed by atoms with van der Waals surface area (Å²) in [6.07, 6.45) is 0. The Balaban J connectivity index is 2.12. The molecule has 0 amide bonds. The number of rotatable bonds is 3. The maximum absolute atomic E-state index is 12.2. The van der Waals surface area contributed by atoms with E-state index in [4.69, 9.17) is 9.31 Å². The van der Waals surface area contributed by atoms with Crippen LogP contribution in [-0.4, -0.2) is 24.1 Å². The van der Waals surface area contributed by atoms with Crippen LogP contribution in [0.1, 0.15) is 27.7 Å². The van der Waals surface area contributed by atoms with Crippen molar-refractivity contribution < 1.29 is 18.1 Å². The molecule has 0 unspecified atom stereocenters. The van der Waals surface area contributed by atoms with Gasteiger partial charge in [0.05, 0.1) is 11.2 Å². The van der Waals surface area contributed by atoms with Crippen LogP contribution in [0.2, 0.25) is 0 Å². The quantitative estimate of drug-likeness (QED) is 0.627. The van der Waals surface area contributed by atoms with E-state index in [2.05, 4.69) is 0 Å². The molecule has 0 bridgehead atoms. The van der Waals surface area contributed by atoms with E-state index in [0.717, 1.165) is 5.46 Å². The van der Waals surface area contributed by atoms with Gasteiger partial charge in [0.25, 0.3) is 5.76 Å². The SMILES string of the molecule is CC1(C)OB(c2ccc(SC(F)F)cc2)OC1(C)C. The molecule has 1 aliphatic heterocycles. The first-order valence-corrected chi connectivity index (χ1v) is 7.00. The van der Waals surface area contributed by atoms with E-state index in [9.17, 15) is 8.78 Å². The molecule has 6 heteroatoms.